The number of esters is 1. The number of amidine groups is 1. The van der Waals surface area contributed by atoms with E-state index >= 15 is 0 Å². The summed E-state index contributed by atoms with van der Waals surface area (Å²) in [6.07, 6.45) is -0.342. The molecule has 2 aromatic rings. The minimum Gasteiger partial charge on any atom is -0.465 e. The van der Waals surface area contributed by atoms with Gasteiger partial charge in [-0.3, -0.25) is 4.79 Å². The maximum atomic E-state index is 13.6. The van der Waals surface area contributed by atoms with Crippen LogP contribution in [-0.4, -0.2) is 24.7 Å². The van der Waals surface area contributed by atoms with Gasteiger partial charge in [0, 0.05) is 6.07 Å². The van der Waals surface area contributed by atoms with Crippen LogP contribution in [0.1, 0.15) is 27.1 Å². The summed E-state index contributed by atoms with van der Waals surface area (Å²) in [5.41, 5.74) is 6.06. The first-order valence-electron chi connectivity index (χ1n) is 6.90. The van der Waals surface area contributed by atoms with E-state index in [1.54, 1.807) is 18.2 Å². The number of nitrogens with zero attached hydrogens (tertiary/aromatic N) is 1. The van der Waals surface area contributed by atoms with Crippen molar-refractivity contribution in [2.75, 3.05) is 7.11 Å². The number of rotatable bonds is 5. The quantitative estimate of drug-likeness (QED) is 0.395. The van der Waals surface area contributed by atoms with Crippen molar-refractivity contribution in [2.45, 2.75) is 6.42 Å². The maximum absolute atomic E-state index is 13.6. The first-order valence-corrected chi connectivity index (χ1v) is 6.90. The number of hydrogen-bond donors (Lipinski definition) is 1. The SMILES string of the molecule is COC(=O)c1cccc(N=C(N)CC(=O)c2ccc(F)cc2F)c1. The molecule has 0 radical (unpaired) electrons. The Balaban J connectivity index is 2.16. The average Bonchev–Trinajstić information content (AvgIpc) is 2.53. The van der Waals surface area contributed by atoms with Gasteiger partial charge < -0.3 is 10.5 Å². The molecule has 0 bridgehead atoms. The number of ether oxygens (including phenoxy) is 1. The second kappa shape index (κ2) is 7.45. The molecule has 24 heavy (non-hydrogen) atoms. The van der Waals surface area contributed by atoms with E-state index in [0.717, 1.165) is 12.1 Å². The highest BCUT2D eigenvalue weighted by atomic mass is 19.1. The highest BCUT2D eigenvalue weighted by molar-refractivity contribution is 6.09. The van der Waals surface area contributed by atoms with E-state index in [-0.39, 0.29) is 23.4 Å². The van der Waals surface area contributed by atoms with Crippen LogP contribution < -0.4 is 5.73 Å². The van der Waals surface area contributed by atoms with Crippen LogP contribution in [0, 0.1) is 11.6 Å². The highest BCUT2D eigenvalue weighted by Crippen LogP contribution is 2.16. The number of nitrogens with two attached hydrogens (primary N) is 1. The predicted octanol–water partition coefficient (Wildman–Crippen LogP) is 3.01. The third kappa shape index (κ3) is 4.22. The fraction of sp³-hybridized carbons (Fsp3) is 0.118. The zero-order valence-corrected chi connectivity index (χ0v) is 12.8. The van der Waals surface area contributed by atoms with Crippen LogP contribution in [0.4, 0.5) is 14.5 Å². The Kier molecular flexibility index (Phi) is 5.36. The van der Waals surface area contributed by atoms with Gasteiger partial charge in [-0.25, -0.2) is 18.6 Å². The van der Waals surface area contributed by atoms with Crippen molar-refractivity contribution in [1.29, 1.82) is 0 Å². The summed E-state index contributed by atoms with van der Waals surface area (Å²) in [5.74, 6) is -2.95. The molecule has 2 rings (SSSR count). The van der Waals surface area contributed by atoms with Crippen LogP contribution >= 0.6 is 0 Å². The van der Waals surface area contributed by atoms with Crippen molar-refractivity contribution in [3.8, 4) is 0 Å². The summed E-state index contributed by atoms with van der Waals surface area (Å²) >= 11 is 0. The van der Waals surface area contributed by atoms with Crippen molar-refractivity contribution in [3.05, 3.63) is 65.2 Å². The van der Waals surface area contributed by atoms with E-state index in [1.165, 1.54) is 13.2 Å². The normalized spacial score (nSPS) is 11.2. The number of carbonyl (C=O) groups is 2. The fourth-order valence-corrected chi connectivity index (χ4v) is 2.00. The summed E-state index contributed by atoms with van der Waals surface area (Å²) in [5, 5.41) is 0. The molecule has 0 spiro atoms. The van der Waals surface area contributed by atoms with Gasteiger partial charge >= 0.3 is 5.97 Å². The van der Waals surface area contributed by atoms with E-state index in [9.17, 15) is 18.4 Å². The second-order valence-corrected chi connectivity index (χ2v) is 4.87. The van der Waals surface area contributed by atoms with E-state index in [2.05, 4.69) is 9.73 Å². The van der Waals surface area contributed by atoms with Gasteiger partial charge in [0.2, 0.25) is 0 Å². The lowest BCUT2D eigenvalue weighted by molar-refractivity contribution is 0.0600. The molecule has 7 heteroatoms. The fourth-order valence-electron chi connectivity index (χ4n) is 2.00. The number of ketones is 1. The van der Waals surface area contributed by atoms with Crippen molar-refractivity contribution in [3.63, 3.8) is 0 Å². The van der Waals surface area contributed by atoms with Gasteiger partial charge in [-0.2, -0.15) is 0 Å². The largest absolute Gasteiger partial charge is 0.465 e. The molecule has 0 heterocycles. The molecule has 0 aliphatic rings. The molecule has 0 unspecified atom stereocenters. The van der Waals surface area contributed by atoms with Crippen molar-refractivity contribution in [1.82, 2.24) is 0 Å². The van der Waals surface area contributed by atoms with Crippen LogP contribution in [0.25, 0.3) is 0 Å². The summed E-state index contributed by atoms with van der Waals surface area (Å²) in [6, 6.07) is 8.83. The van der Waals surface area contributed by atoms with Gasteiger partial charge in [0.1, 0.15) is 17.5 Å². The highest BCUT2D eigenvalue weighted by Gasteiger charge is 2.14. The lowest BCUT2D eigenvalue weighted by atomic mass is 10.1. The van der Waals surface area contributed by atoms with E-state index in [4.69, 9.17) is 5.73 Å². The summed E-state index contributed by atoms with van der Waals surface area (Å²) in [6.45, 7) is 0. The van der Waals surface area contributed by atoms with E-state index in [1.807, 2.05) is 0 Å². The molecule has 2 aromatic carbocycles. The minimum atomic E-state index is -0.958. The molecule has 0 aliphatic carbocycles. The first-order chi connectivity index (χ1) is 11.4. The minimum absolute atomic E-state index is 0.0641. The van der Waals surface area contributed by atoms with E-state index in [0.29, 0.717) is 11.8 Å². The van der Waals surface area contributed by atoms with Crippen LogP contribution in [0.3, 0.4) is 0 Å². The smallest absolute Gasteiger partial charge is 0.337 e. The molecule has 124 valence electrons. The second-order valence-electron chi connectivity index (χ2n) is 4.87. The predicted molar refractivity (Wildman–Crippen MR) is 84.4 cm³/mol. The summed E-state index contributed by atoms with van der Waals surface area (Å²) in [7, 11) is 1.25. The molecule has 0 amide bonds. The van der Waals surface area contributed by atoms with Crippen molar-refractivity contribution < 1.29 is 23.1 Å². The van der Waals surface area contributed by atoms with Gasteiger partial charge in [-0.1, -0.05) is 6.07 Å². The lowest BCUT2D eigenvalue weighted by Gasteiger charge is -2.04. The Morgan fingerprint density at radius 3 is 2.58 bits per heavy atom. The molecule has 0 aliphatic heterocycles. The monoisotopic (exact) mass is 332 g/mol. The van der Waals surface area contributed by atoms with Gasteiger partial charge in [-0.05, 0) is 30.3 Å². The topological polar surface area (TPSA) is 81.8 Å². The molecule has 5 nitrogen and oxygen atoms in total. The summed E-state index contributed by atoms with van der Waals surface area (Å²) in [4.78, 5) is 27.5. The molecule has 0 saturated heterocycles. The van der Waals surface area contributed by atoms with Gasteiger partial charge in [0.15, 0.2) is 5.78 Å². The van der Waals surface area contributed by atoms with Gasteiger partial charge in [0.25, 0.3) is 0 Å². The number of halogens is 2. The lowest BCUT2D eigenvalue weighted by Crippen LogP contribution is -2.17. The first kappa shape index (κ1) is 17.3. The molecule has 0 atom stereocenters. The number of carbonyl (C=O) groups excluding carboxylic acids is 2. The Hall–Kier alpha value is -3.09. The molecular weight excluding hydrogens is 318 g/mol. The Labute approximate surface area is 136 Å². The Morgan fingerprint density at radius 1 is 1.17 bits per heavy atom. The molecule has 0 saturated carbocycles. The maximum Gasteiger partial charge on any atom is 0.337 e. The Morgan fingerprint density at radius 2 is 1.92 bits per heavy atom. The third-order valence-electron chi connectivity index (χ3n) is 3.11. The van der Waals surface area contributed by atoms with Crippen LogP contribution in [0.2, 0.25) is 0 Å². The molecule has 0 aromatic heterocycles. The molecule has 0 fully saturated rings. The van der Waals surface area contributed by atoms with Gasteiger partial charge in [-0.15, -0.1) is 0 Å². The van der Waals surface area contributed by atoms with Crippen molar-refractivity contribution >= 4 is 23.3 Å². The molecular formula is C17H14F2N2O3. The molecule has 2 N–H and O–H groups in total. The standard InChI is InChI=1S/C17H14F2N2O3/c1-24-17(23)10-3-2-4-12(7-10)21-16(20)9-15(22)13-6-5-11(18)8-14(13)19/h2-8H,9H2,1H3,(H2,20,21). The number of methoxy groups -OCH3 is 1. The summed E-state index contributed by atoms with van der Waals surface area (Å²) < 4.78 is 31.0. The zero-order chi connectivity index (χ0) is 17.7. The Bertz CT molecular complexity index is 819. The number of aliphatic imine (C=N–C) groups is 1. The average molecular weight is 332 g/mol. The number of Topliss-reactive ketones (excluding diaryl/α,β-unsaturated/α-hetero) is 1. The van der Waals surface area contributed by atoms with Crippen LogP contribution in [0.15, 0.2) is 47.5 Å². The zero-order valence-electron chi connectivity index (χ0n) is 12.8. The number of benzene rings is 2. The number of hydrogen-bond acceptors (Lipinski definition) is 4. The van der Waals surface area contributed by atoms with Crippen LogP contribution in [0.5, 0.6) is 0 Å². The van der Waals surface area contributed by atoms with E-state index < -0.39 is 23.4 Å². The third-order valence-corrected chi connectivity index (χ3v) is 3.11. The van der Waals surface area contributed by atoms with Crippen LogP contribution in [-0.2, 0) is 4.74 Å². The van der Waals surface area contributed by atoms with Crippen molar-refractivity contribution in [2.24, 2.45) is 10.7 Å². The van der Waals surface area contributed by atoms with Gasteiger partial charge in [0.05, 0.1) is 30.3 Å².